The molecule has 0 heterocycles. The van der Waals surface area contributed by atoms with Gasteiger partial charge in [-0.05, 0) is 50.3 Å². The lowest BCUT2D eigenvalue weighted by Crippen LogP contribution is -2.38. The molecule has 0 saturated heterocycles. The number of hydrogen-bond acceptors (Lipinski definition) is 4. The Hall–Kier alpha value is -1.22. The van der Waals surface area contributed by atoms with E-state index in [1.54, 1.807) is 14.2 Å². The number of ether oxygens (including phenoxy) is 3. The van der Waals surface area contributed by atoms with E-state index in [1.165, 1.54) is 12.8 Å². The van der Waals surface area contributed by atoms with Gasteiger partial charge in [0.25, 0.3) is 0 Å². The first-order chi connectivity index (χ1) is 12.3. The highest BCUT2D eigenvalue weighted by Gasteiger charge is 2.18. The van der Waals surface area contributed by atoms with Crippen molar-refractivity contribution in [2.24, 2.45) is 4.99 Å². The molecule has 6 nitrogen and oxygen atoms in total. The second-order valence-corrected chi connectivity index (χ2v) is 6.12. The number of hydrogen-bond donors (Lipinski definition) is 2. The molecule has 26 heavy (non-hydrogen) atoms. The fourth-order valence-electron chi connectivity index (χ4n) is 2.88. The molecule has 0 atom stereocenters. The molecule has 0 radical (unpaired) electrons. The zero-order valence-electron chi connectivity index (χ0n) is 16.0. The number of rotatable bonds is 9. The van der Waals surface area contributed by atoms with Crippen LogP contribution in [0.5, 0.6) is 11.5 Å². The largest absolute Gasteiger partial charge is 0.493 e. The third-order valence-corrected chi connectivity index (χ3v) is 4.19. The predicted octanol–water partition coefficient (Wildman–Crippen LogP) is 3.34. The summed E-state index contributed by atoms with van der Waals surface area (Å²) in [5, 5.41) is 6.47. The normalized spacial score (nSPS) is 14.7. The van der Waals surface area contributed by atoms with Gasteiger partial charge in [0.15, 0.2) is 17.5 Å². The molecule has 1 saturated carbocycles. The van der Waals surface area contributed by atoms with Gasteiger partial charge < -0.3 is 24.8 Å². The molecule has 7 heteroatoms. The molecular weight excluding hydrogens is 445 g/mol. The van der Waals surface area contributed by atoms with E-state index in [0.29, 0.717) is 19.3 Å². The van der Waals surface area contributed by atoms with Gasteiger partial charge in [-0.25, -0.2) is 4.99 Å². The third-order valence-electron chi connectivity index (χ3n) is 4.19. The van der Waals surface area contributed by atoms with Crippen molar-refractivity contribution in [3.05, 3.63) is 23.8 Å². The number of guanidine groups is 1. The quantitative estimate of drug-likeness (QED) is 0.247. The zero-order chi connectivity index (χ0) is 17.9. The van der Waals surface area contributed by atoms with Gasteiger partial charge in [0.1, 0.15) is 0 Å². The SMILES string of the molecule is CCNC(=NCc1ccc(OC2CCCC2)c(OC)c1)NCCOC.I. The Bertz CT molecular complexity index is 549. The monoisotopic (exact) mass is 477 g/mol. The second-order valence-electron chi connectivity index (χ2n) is 6.12. The van der Waals surface area contributed by atoms with E-state index in [2.05, 4.69) is 21.7 Å². The molecule has 0 aromatic heterocycles. The highest BCUT2D eigenvalue weighted by molar-refractivity contribution is 14.0. The fourth-order valence-corrected chi connectivity index (χ4v) is 2.88. The maximum Gasteiger partial charge on any atom is 0.191 e. The van der Waals surface area contributed by atoms with Gasteiger partial charge in [0.2, 0.25) is 0 Å². The van der Waals surface area contributed by atoms with Crippen LogP contribution >= 0.6 is 24.0 Å². The molecule has 1 fully saturated rings. The molecule has 0 bridgehead atoms. The van der Waals surface area contributed by atoms with Crippen LogP contribution in [0.2, 0.25) is 0 Å². The van der Waals surface area contributed by atoms with Crippen molar-refractivity contribution >= 4 is 29.9 Å². The first-order valence-corrected chi connectivity index (χ1v) is 9.11. The van der Waals surface area contributed by atoms with Crippen LogP contribution in [0.25, 0.3) is 0 Å². The standard InChI is InChI=1S/C19H31N3O3.HI/c1-4-20-19(21-11-12-23-2)22-14-15-9-10-17(18(13-15)24-3)25-16-7-5-6-8-16;/h9-10,13,16H,4-8,11-12,14H2,1-3H3,(H2,20,21,22);1H. The lowest BCUT2D eigenvalue weighted by Gasteiger charge is -2.16. The maximum atomic E-state index is 6.08. The Morgan fingerprint density at radius 3 is 2.58 bits per heavy atom. The summed E-state index contributed by atoms with van der Waals surface area (Å²) >= 11 is 0. The van der Waals surface area contributed by atoms with Gasteiger partial charge in [0, 0.05) is 20.2 Å². The molecule has 0 amide bonds. The second kappa shape index (κ2) is 13.0. The maximum absolute atomic E-state index is 6.08. The summed E-state index contributed by atoms with van der Waals surface area (Å²) in [4.78, 5) is 4.61. The van der Waals surface area contributed by atoms with Crippen molar-refractivity contribution in [1.29, 1.82) is 0 Å². The Morgan fingerprint density at radius 1 is 1.15 bits per heavy atom. The van der Waals surface area contributed by atoms with Crippen molar-refractivity contribution in [2.45, 2.75) is 45.3 Å². The van der Waals surface area contributed by atoms with E-state index >= 15 is 0 Å². The fraction of sp³-hybridized carbons (Fsp3) is 0.632. The average molecular weight is 477 g/mol. The third kappa shape index (κ3) is 7.57. The van der Waals surface area contributed by atoms with Gasteiger partial charge in [-0.1, -0.05) is 6.07 Å². The summed E-state index contributed by atoms with van der Waals surface area (Å²) in [6.45, 7) is 4.80. The highest BCUT2D eigenvalue weighted by Crippen LogP contribution is 2.32. The van der Waals surface area contributed by atoms with Crippen LogP contribution in [0.3, 0.4) is 0 Å². The number of benzene rings is 1. The van der Waals surface area contributed by atoms with Gasteiger partial charge in [-0.15, -0.1) is 24.0 Å². The first kappa shape index (κ1) is 22.8. The molecule has 1 aliphatic rings. The van der Waals surface area contributed by atoms with Crippen molar-refractivity contribution in [2.75, 3.05) is 33.9 Å². The predicted molar refractivity (Wildman–Crippen MR) is 116 cm³/mol. The van der Waals surface area contributed by atoms with Crippen LogP contribution in [0.1, 0.15) is 38.2 Å². The van der Waals surface area contributed by atoms with Crippen molar-refractivity contribution in [1.82, 2.24) is 10.6 Å². The Labute approximate surface area is 174 Å². The average Bonchev–Trinajstić information content (AvgIpc) is 3.14. The molecule has 2 N–H and O–H groups in total. The van der Waals surface area contributed by atoms with Crippen molar-refractivity contribution in [3.63, 3.8) is 0 Å². The Balaban J connectivity index is 0.00000338. The molecule has 1 aromatic carbocycles. The van der Waals surface area contributed by atoms with Crippen LogP contribution in [0.15, 0.2) is 23.2 Å². The molecule has 2 rings (SSSR count). The summed E-state index contributed by atoms with van der Waals surface area (Å²) in [5.74, 6) is 2.38. The Morgan fingerprint density at radius 2 is 1.92 bits per heavy atom. The number of methoxy groups -OCH3 is 2. The van der Waals surface area contributed by atoms with E-state index in [-0.39, 0.29) is 24.0 Å². The van der Waals surface area contributed by atoms with Crippen molar-refractivity contribution in [3.8, 4) is 11.5 Å². The topological polar surface area (TPSA) is 64.1 Å². The summed E-state index contributed by atoms with van der Waals surface area (Å²) in [6, 6.07) is 6.05. The van der Waals surface area contributed by atoms with E-state index < -0.39 is 0 Å². The summed E-state index contributed by atoms with van der Waals surface area (Å²) in [5.41, 5.74) is 1.08. The molecule has 0 aliphatic heterocycles. The van der Waals surface area contributed by atoms with E-state index in [1.807, 2.05) is 19.1 Å². The van der Waals surface area contributed by atoms with Gasteiger partial charge in [-0.2, -0.15) is 0 Å². The highest BCUT2D eigenvalue weighted by atomic mass is 127. The van der Waals surface area contributed by atoms with Crippen LogP contribution < -0.4 is 20.1 Å². The van der Waals surface area contributed by atoms with Crippen LogP contribution in [-0.2, 0) is 11.3 Å². The van der Waals surface area contributed by atoms with E-state index in [4.69, 9.17) is 14.2 Å². The van der Waals surface area contributed by atoms with E-state index in [0.717, 1.165) is 49.0 Å². The van der Waals surface area contributed by atoms with Gasteiger partial charge in [-0.3, -0.25) is 0 Å². The minimum Gasteiger partial charge on any atom is -0.493 e. The molecule has 1 aromatic rings. The number of aliphatic imine (C=N–C) groups is 1. The minimum absolute atomic E-state index is 0. The summed E-state index contributed by atoms with van der Waals surface area (Å²) < 4.78 is 16.6. The molecule has 0 unspecified atom stereocenters. The molecule has 148 valence electrons. The summed E-state index contributed by atoms with van der Waals surface area (Å²) in [7, 11) is 3.37. The number of halogens is 1. The zero-order valence-corrected chi connectivity index (χ0v) is 18.4. The smallest absolute Gasteiger partial charge is 0.191 e. The van der Waals surface area contributed by atoms with Crippen molar-refractivity contribution < 1.29 is 14.2 Å². The first-order valence-electron chi connectivity index (χ1n) is 9.11. The number of nitrogens with one attached hydrogen (secondary N) is 2. The summed E-state index contributed by atoms with van der Waals surface area (Å²) in [6.07, 6.45) is 5.10. The Kier molecular flexibility index (Phi) is 11.4. The van der Waals surface area contributed by atoms with Crippen LogP contribution in [-0.4, -0.2) is 46.0 Å². The molecule has 0 spiro atoms. The van der Waals surface area contributed by atoms with Gasteiger partial charge in [0.05, 0.1) is 26.4 Å². The van der Waals surface area contributed by atoms with E-state index in [9.17, 15) is 0 Å². The van der Waals surface area contributed by atoms with Gasteiger partial charge >= 0.3 is 0 Å². The molecular formula is C19H32IN3O3. The van der Waals surface area contributed by atoms with Crippen LogP contribution in [0, 0.1) is 0 Å². The number of nitrogens with zero attached hydrogens (tertiary/aromatic N) is 1. The lowest BCUT2D eigenvalue weighted by atomic mass is 10.2. The van der Waals surface area contributed by atoms with Crippen LogP contribution in [0.4, 0.5) is 0 Å². The molecule has 1 aliphatic carbocycles. The minimum atomic E-state index is 0. The lowest BCUT2D eigenvalue weighted by molar-refractivity contribution is 0.200.